The molecule has 2 nitrogen and oxygen atoms in total. The minimum absolute atomic E-state index is 0.0932. The smallest absolute Gasteiger partial charge is 0.134 e. The first-order valence-electron chi connectivity index (χ1n) is 4.43. The van der Waals surface area contributed by atoms with Gasteiger partial charge in [0, 0.05) is 11.6 Å². The van der Waals surface area contributed by atoms with E-state index in [9.17, 15) is 4.39 Å². The lowest BCUT2D eigenvalue weighted by Crippen LogP contribution is -1.87. The number of allylic oxidation sites excluding steroid dienone is 6. The van der Waals surface area contributed by atoms with E-state index in [4.69, 9.17) is 9.84 Å². The van der Waals surface area contributed by atoms with Crippen molar-refractivity contribution < 1.29 is 14.2 Å². The van der Waals surface area contributed by atoms with Gasteiger partial charge in [0.1, 0.15) is 17.3 Å². The Labute approximate surface area is 95.1 Å². The van der Waals surface area contributed by atoms with E-state index in [2.05, 4.69) is 26.3 Å². The number of rotatable bonds is 6. The van der Waals surface area contributed by atoms with Gasteiger partial charge in [-0.3, -0.25) is 0 Å². The van der Waals surface area contributed by atoms with Gasteiger partial charge in [0.05, 0.1) is 7.11 Å². The molecule has 0 rings (SSSR count). The predicted molar refractivity (Wildman–Crippen MR) is 64.5 cm³/mol. The van der Waals surface area contributed by atoms with E-state index in [-0.39, 0.29) is 17.1 Å². The van der Waals surface area contributed by atoms with Crippen molar-refractivity contribution in [2.75, 3.05) is 7.11 Å². The van der Waals surface area contributed by atoms with E-state index >= 15 is 0 Å². The number of aliphatic hydroxyl groups excluding tert-OH is 1. The molecule has 0 aromatic rings. The normalized spacial score (nSPS) is 11.2. The van der Waals surface area contributed by atoms with Gasteiger partial charge in [-0.25, -0.2) is 4.39 Å². The Bertz CT molecular complexity index is 387. The molecule has 0 aliphatic rings. The SMILES string of the molecule is C=C(O)/C=C\C(=C)C(=C)/C(F)=C\C(=C)OC. The second-order valence-corrected chi connectivity index (χ2v) is 2.99. The molecule has 0 aliphatic carbocycles. The predicted octanol–water partition coefficient (Wildman–Crippen LogP) is 3.74. The third-order valence-electron chi connectivity index (χ3n) is 1.70. The summed E-state index contributed by atoms with van der Waals surface area (Å²) in [5.74, 6) is -0.549. The topological polar surface area (TPSA) is 29.5 Å². The van der Waals surface area contributed by atoms with Crippen LogP contribution in [-0.4, -0.2) is 12.2 Å². The maximum Gasteiger partial charge on any atom is 0.134 e. The van der Waals surface area contributed by atoms with E-state index in [0.29, 0.717) is 5.57 Å². The molecule has 0 saturated carbocycles. The highest BCUT2D eigenvalue weighted by Crippen LogP contribution is 2.20. The van der Waals surface area contributed by atoms with Crippen molar-refractivity contribution in [2.45, 2.75) is 0 Å². The standard InChI is InChI=1S/C13H15FO2/c1-9(6-7-10(2)15)12(4)13(14)8-11(3)16-5/h6-8,15H,1-4H2,5H3/b7-6-,13-8+. The first-order chi connectivity index (χ1) is 7.38. The maximum atomic E-state index is 13.4. The van der Waals surface area contributed by atoms with Crippen molar-refractivity contribution in [1.29, 1.82) is 0 Å². The molecule has 0 bridgehead atoms. The van der Waals surface area contributed by atoms with Gasteiger partial charge in [-0.15, -0.1) is 0 Å². The van der Waals surface area contributed by atoms with Crippen LogP contribution in [0, 0.1) is 0 Å². The van der Waals surface area contributed by atoms with Crippen LogP contribution in [0.2, 0.25) is 0 Å². The summed E-state index contributed by atoms with van der Waals surface area (Å²) < 4.78 is 18.1. The lowest BCUT2D eigenvalue weighted by atomic mass is 10.1. The molecule has 0 atom stereocenters. The molecule has 16 heavy (non-hydrogen) atoms. The van der Waals surface area contributed by atoms with Gasteiger partial charge >= 0.3 is 0 Å². The summed E-state index contributed by atoms with van der Waals surface area (Å²) in [6.07, 6.45) is 3.81. The number of halogens is 1. The molecule has 0 aliphatic heterocycles. The molecule has 0 fully saturated rings. The first kappa shape index (κ1) is 14.0. The summed E-state index contributed by atoms with van der Waals surface area (Å²) in [4.78, 5) is 0. The van der Waals surface area contributed by atoms with Crippen molar-refractivity contribution >= 4 is 0 Å². The Kier molecular flexibility index (Phi) is 5.63. The average Bonchev–Trinajstić information content (AvgIpc) is 2.24. The Morgan fingerprint density at radius 3 is 2.19 bits per heavy atom. The molecule has 0 heterocycles. The summed E-state index contributed by atoms with van der Waals surface area (Å²) in [5.41, 5.74) is 0.420. The molecule has 0 spiro atoms. The second kappa shape index (κ2) is 6.45. The van der Waals surface area contributed by atoms with E-state index in [1.165, 1.54) is 19.3 Å². The minimum atomic E-state index is -0.593. The lowest BCUT2D eigenvalue weighted by Gasteiger charge is -2.03. The zero-order chi connectivity index (χ0) is 12.7. The van der Waals surface area contributed by atoms with Crippen LogP contribution in [0.1, 0.15) is 0 Å². The molecule has 0 radical (unpaired) electrons. The highest BCUT2D eigenvalue weighted by atomic mass is 19.1. The number of ether oxygens (including phenoxy) is 1. The molecular weight excluding hydrogens is 207 g/mol. The number of methoxy groups -OCH3 is 1. The number of hydrogen-bond acceptors (Lipinski definition) is 2. The van der Waals surface area contributed by atoms with Gasteiger partial charge in [-0.05, 0) is 11.6 Å². The zero-order valence-corrected chi connectivity index (χ0v) is 9.29. The van der Waals surface area contributed by atoms with Crippen LogP contribution in [0.25, 0.3) is 0 Å². The van der Waals surface area contributed by atoms with E-state index in [1.807, 2.05) is 0 Å². The third-order valence-corrected chi connectivity index (χ3v) is 1.70. The Balaban J connectivity index is 4.69. The molecule has 1 N–H and O–H groups in total. The fraction of sp³-hybridized carbons (Fsp3) is 0.0769. The van der Waals surface area contributed by atoms with Crippen molar-refractivity contribution in [3.63, 3.8) is 0 Å². The summed E-state index contributed by atoms with van der Waals surface area (Å²) in [5, 5.41) is 8.81. The first-order valence-corrected chi connectivity index (χ1v) is 4.43. The minimum Gasteiger partial charge on any atom is -0.509 e. The zero-order valence-electron chi connectivity index (χ0n) is 9.29. The summed E-state index contributed by atoms with van der Waals surface area (Å²) in [6.45, 7) is 13.8. The quantitative estimate of drug-likeness (QED) is 0.548. The van der Waals surface area contributed by atoms with E-state index in [1.54, 1.807) is 0 Å². The van der Waals surface area contributed by atoms with Crippen molar-refractivity contribution in [1.82, 2.24) is 0 Å². The van der Waals surface area contributed by atoms with Crippen LogP contribution in [0.4, 0.5) is 4.39 Å². The van der Waals surface area contributed by atoms with Crippen molar-refractivity contribution in [2.24, 2.45) is 0 Å². The molecule has 3 heteroatoms. The van der Waals surface area contributed by atoms with Crippen LogP contribution in [0.15, 0.2) is 73.0 Å². The lowest BCUT2D eigenvalue weighted by molar-refractivity contribution is 0.307. The monoisotopic (exact) mass is 222 g/mol. The second-order valence-electron chi connectivity index (χ2n) is 2.99. The van der Waals surface area contributed by atoms with Gasteiger partial charge in [0.15, 0.2) is 0 Å². The molecule has 0 unspecified atom stereocenters. The molecule has 0 aromatic carbocycles. The number of hydrogen-bond donors (Lipinski definition) is 1. The van der Waals surface area contributed by atoms with Crippen LogP contribution < -0.4 is 0 Å². The van der Waals surface area contributed by atoms with Gasteiger partial charge in [0.2, 0.25) is 0 Å². The fourth-order valence-electron chi connectivity index (χ4n) is 0.738. The average molecular weight is 222 g/mol. The maximum absolute atomic E-state index is 13.4. The molecule has 0 amide bonds. The van der Waals surface area contributed by atoms with Crippen molar-refractivity contribution in [3.05, 3.63) is 73.0 Å². The Hall–Kier alpha value is -2.03. The summed E-state index contributed by atoms with van der Waals surface area (Å²) in [7, 11) is 1.39. The highest BCUT2D eigenvalue weighted by molar-refractivity contribution is 5.47. The molecular formula is C13H15FO2. The van der Waals surface area contributed by atoms with Gasteiger partial charge in [-0.2, -0.15) is 0 Å². The summed E-state index contributed by atoms with van der Waals surface area (Å²) >= 11 is 0. The highest BCUT2D eigenvalue weighted by Gasteiger charge is 2.04. The third kappa shape index (κ3) is 5.00. The van der Waals surface area contributed by atoms with Gasteiger partial charge < -0.3 is 9.84 Å². The van der Waals surface area contributed by atoms with Crippen LogP contribution in [-0.2, 0) is 4.74 Å². The van der Waals surface area contributed by atoms with E-state index in [0.717, 1.165) is 6.08 Å². The van der Waals surface area contributed by atoms with Crippen LogP contribution >= 0.6 is 0 Å². The fourth-order valence-corrected chi connectivity index (χ4v) is 0.738. The Morgan fingerprint density at radius 2 is 1.75 bits per heavy atom. The van der Waals surface area contributed by atoms with E-state index < -0.39 is 5.83 Å². The van der Waals surface area contributed by atoms with Crippen molar-refractivity contribution in [3.8, 4) is 0 Å². The van der Waals surface area contributed by atoms with Gasteiger partial charge in [0.25, 0.3) is 0 Å². The number of aliphatic hydroxyl groups is 1. The Morgan fingerprint density at radius 1 is 1.19 bits per heavy atom. The molecule has 0 saturated heterocycles. The summed E-state index contributed by atoms with van der Waals surface area (Å²) in [6, 6.07) is 0. The van der Waals surface area contributed by atoms with Crippen LogP contribution in [0.5, 0.6) is 0 Å². The van der Waals surface area contributed by atoms with Crippen LogP contribution in [0.3, 0.4) is 0 Å². The largest absolute Gasteiger partial charge is 0.509 e. The van der Waals surface area contributed by atoms with Gasteiger partial charge in [-0.1, -0.05) is 32.4 Å². The molecule has 0 aromatic heterocycles. The molecule has 86 valence electrons.